The van der Waals surface area contributed by atoms with E-state index in [4.69, 9.17) is 0 Å². The van der Waals surface area contributed by atoms with Crippen LogP contribution in [0.1, 0.15) is 18.1 Å². The Morgan fingerprint density at radius 3 is 2.29 bits per heavy atom. The van der Waals surface area contributed by atoms with Gasteiger partial charge in [0.2, 0.25) is 0 Å². The molecule has 2 nitrogen and oxygen atoms in total. The predicted molar refractivity (Wildman–Crippen MR) is 74.7 cm³/mol. The van der Waals surface area contributed by atoms with Crippen molar-refractivity contribution in [3.8, 4) is 0 Å². The van der Waals surface area contributed by atoms with Gasteiger partial charge in [0.05, 0.1) is 0 Å². The van der Waals surface area contributed by atoms with Crippen LogP contribution in [-0.4, -0.2) is 26.7 Å². The van der Waals surface area contributed by atoms with Gasteiger partial charge >= 0.3 is 0 Å². The van der Waals surface area contributed by atoms with E-state index in [1.165, 1.54) is 29.9 Å². The fraction of sp³-hybridized carbons (Fsp3) is 0.600. The van der Waals surface area contributed by atoms with Gasteiger partial charge in [-0.3, -0.25) is 0 Å². The van der Waals surface area contributed by atoms with Crippen LogP contribution in [-0.2, 0) is 0 Å². The largest absolute Gasteiger partial charge is 0.374 e. The van der Waals surface area contributed by atoms with Gasteiger partial charge in [-0.2, -0.15) is 0 Å². The lowest BCUT2D eigenvalue weighted by Gasteiger charge is -2.35. The molecule has 1 atom stereocenters. The van der Waals surface area contributed by atoms with Gasteiger partial charge in [0, 0.05) is 19.3 Å². The molecule has 1 aliphatic heterocycles. The van der Waals surface area contributed by atoms with Crippen molar-refractivity contribution in [3.05, 3.63) is 29.3 Å². The monoisotopic (exact) mass is 232 g/mol. The molecule has 1 unspecified atom stereocenters. The van der Waals surface area contributed by atoms with Crippen molar-refractivity contribution < 1.29 is 0 Å². The molecule has 1 fully saturated rings. The highest BCUT2D eigenvalue weighted by Crippen LogP contribution is 2.22. The molecule has 2 heteroatoms. The standard InChI is InChI=1S/C15H24N2/c1-11-5-12(2)7-15(6-11)17(4)10-13(3)14-8-16-9-14/h5-7,13-14,16H,8-10H2,1-4H3. The Hall–Kier alpha value is -1.02. The Balaban J connectivity index is 2.00. The highest BCUT2D eigenvalue weighted by Gasteiger charge is 2.24. The molecule has 0 bridgehead atoms. The zero-order valence-corrected chi connectivity index (χ0v) is 11.5. The summed E-state index contributed by atoms with van der Waals surface area (Å²) in [5.41, 5.74) is 4.05. The van der Waals surface area contributed by atoms with Gasteiger partial charge in [-0.1, -0.05) is 13.0 Å². The van der Waals surface area contributed by atoms with E-state index in [1.54, 1.807) is 0 Å². The van der Waals surface area contributed by atoms with Gasteiger partial charge in [-0.15, -0.1) is 0 Å². The topological polar surface area (TPSA) is 15.3 Å². The van der Waals surface area contributed by atoms with Crippen LogP contribution in [0.4, 0.5) is 5.69 Å². The van der Waals surface area contributed by atoms with E-state index in [1.807, 2.05) is 0 Å². The Labute approximate surface area is 105 Å². The molecule has 1 aromatic rings. The summed E-state index contributed by atoms with van der Waals surface area (Å²) < 4.78 is 0. The number of hydrogen-bond donors (Lipinski definition) is 1. The minimum atomic E-state index is 0.766. The van der Waals surface area contributed by atoms with Crippen molar-refractivity contribution >= 4 is 5.69 Å². The first kappa shape index (κ1) is 12.4. The summed E-state index contributed by atoms with van der Waals surface area (Å²) in [7, 11) is 2.21. The first-order chi connectivity index (χ1) is 8.06. The van der Waals surface area contributed by atoms with Gasteiger partial charge in [-0.05, 0) is 62.0 Å². The summed E-state index contributed by atoms with van der Waals surface area (Å²) in [6.45, 7) is 10.2. The van der Waals surface area contributed by atoms with Crippen molar-refractivity contribution in [3.63, 3.8) is 0 Å². The van der Waals surface area contributed by atoms with E-state index in [9.17, 15) is 0 Å². The Morgan fingerprint density at radius 1 is 1.24 bits per heavy atom. The van der Waals surface area contributed by atoms with Crippen molar-refractivity contribution in [2.45, 2.75) is 20.8 Å². The van der Waals surface area contributed by atoms with Gasteiger partial charge < -0.3 is 10.2 Å². The SMILES string of the molecule is Cc1cc(C)cc(N(C)CC(C)C2CNC2)c1. The molecule has 0 aromatic heterocycles. The second kappa shape index (κ2) is 5.09. The summed E-state index contributed by atoms with van der Waals surface area (Å²) in [4.78, 5) is 2.39. The molecule has 0 saturated carbocycles. The van der Waals surface area contributed by atoms with Crippen LogP contribution in [0, 0.1) is 25.7 Å². The maximum absolute atomic E-state index is 3.35. The third-order valence-electron chi connectivity index (χ3n) is 3.83. The van der Waals surface area contributed by atoms with E-state index < -0.39 is 0 Å². The number of anilines is 1. The van der Waals surface area contributed by atoms with E-state index in [0.717, 1.165) is 18.4 Å². The Kier molecular flexibility index (Phi) is 3.72. The number of benzene rings is 1. The highest BCUT2D eigenvalue weighted by atomic mass is 15.1. The molecular weight excluding hydrogens is 208 g/mol. The lowest BCUT2D eigenvalue weighted by atomic mass is 9.88. The number of nitrogens with zero attached hydrogens (tertiary/aromatic N) is 1. The van der Waals surface area contributed by atoms with Crippen molar-refractivity contribution in [1.29, 1.82) is 0 Å². The Bertz CT molecular complexity index is 362. The zero-order valence-electron chi connectivity index (χ0n) is 11.5. The highest BCUT2D eigenvalue weighted by molar-refractivity contribution is 5.50. The minimum absolute atomic E-state index is 0.766. The molecule has 0 aliphatic carbocycles. The smallest absolute Gasteiger partial charge is 0.0369 e. The molecular formula is C15H24N2. The first-order valence-electron chi connectivity index (χ1n) is 6.56. The third-order valence-corrected chi connectivity index (χ3v) is 3.83. The summed E-state index contributed by atoms with van der Waals surface area (Å²) in [5, 5.41) is 3.35. The van der Waals surface area contributed by atoms with E-state index in [2.05, 4.69) is 56.2 Å². The first-order valence-corrected chi connectivity index (χ1v) is 6.56. The van der Waals surface area contributed by atoms with Gasteiger partial charge in [0.15, 0.2) is 0 Å². The summed E-state index contributed by atoms with van der Waals surface area (Å²) >= 11 is 0. The van der Waals surface area contributed by atoms with Gasteiger partial charge in [-0.25, -0.2) is 0 Å². The van der Waals surface area contributed by atoms with E-state index in [-0.39, 0.29) is 0 Å². The molecule has 1 N–H and O–H groups in total. The van der Waals surface area contributed by atoms with Crippen LogP contribution in [0.3, 0.4) is 0 Å². The molecule has 1 aliphatic rings. The molecule has 17 heavy (non-hydrogen) atoms. The van der Waals surface area contributed by atoms with Crippen LogP contribution in [0.15, 0.2) is 18.2 Å². The van der Waals surface area contributed by atoms with Crippen molar-refractivity contribution in [1.82, 2.24) is 5.32 Å². The minimum Gasteiger partial charge on any atom is -0.374 e. The molecule has 2 rings (SSSR count). The maximum Gasteiger partial charge on any atom is 0.0369 e. The van der Waals surface area contributed by atoms with Gasteiger partial charge in [0.25, 0.3) is 0 Å². The van der Waals surface area contributed by atoms with Crippen LogP contribution < -0.4 is 10.2 Å². The van der Waals surface area contributed by atoms with Crippen LogP contribution in [0.5, 0.6) is 0 Å². The predicted octanol–water partition coefficient (Wildman–Crippen LogP) is 2.60. The normalized spacial score (nSPS) is 17.6. The van der Waals surface area contributed by atoms with Gasteiger partial charge in [0.1, 0.15) is 0 Å². The Morgan fingerprint density at radius 2 is 1.82 bits per heavy atom. The summed E-state index contributed by atoms with van der Waals surface area (Å²) in [5.74, 6) is 1.63. The molecule has 0 spiro atoms. The van der Waals surface area contributed by atoms with E-state index in [0.29, 0.717) is 0 Å². The lowest BCUT2D eigenvalue weighted by Crippen LogP contribution is -2.47. The fourth-order valence-electron chi connectivity index (χ4n) is 2.57. The zero-order chi connectivity index (χ0) is 12.4. The van der Waals surface area contributed by atoms with Crippen LogP contribution in [0.2, 0.25) is 0 Å². The second-order valence-corrected chi connectivity index (χ2v) is 5.62. The van der Waals surface area contributed by atoms with Crippen molar-refractivity contribution in [2.24, 2.45) is 11.8 Å². The van der Waals surface area contributed by atoms with Crippen LogP contribution in [0.25, 0.3) is 0 Å². The number of hydrogen-bond acceptors (Lipinski definition) is 2. The van der Waals surface area contributed by atoms with Crippen molar-refractivity contribution in [2.75, 3.05) is 31.6 Å². The van der Waals surface area contributed by atoms with E-state index >= 15 is 0 Å². The molecule has 0 amide bonds. The van der Waals surface area contributed by atoms with Crippen LogP contribution >= 0.6 is 0 Å². The average molecular weight is 232 g/mol. The molecule has 1 aromatic carbocycles. The quantitative estimate of drug-likeness (QED) is 0.858. The third kappa shape index (κ3) is 3.01. The number of aryl methyl sites for hydroxylation is 2. The number of rotatable bonds is 4. The number of nitrogens with one attached hydrogen (secondary N) is 1. The lowest BCUT2D eigenvalue weighted by molar-refractivity contribution is 0.252. The summed E-state index contributed by atoms with van der Waals surface area (Å²) in [6, 6.07) is 6.79. The molecule has 1 saturated heterocycles. The maximum atomic E-state index is 3.35. The molecule has 0 radical (unpaired) electrons. The average Bonchev–Trinajstić information content (AvgIpc) is 2.12. The molecule has 94 valence electrons. The fourth-order valence-corrected chi connectivity index (χ4v) is 2.57. The second-order valence-electron chi connectivity index (χ2n) is 5.62. The molecule has 1 heterocycles. The summed E-state index contributed by atoms with van der Waals surface area (Å²) in [6.07, 6.45) is 0.